The molecule has 6 nitrogen and oxygen atoms in total. The molecule has 0 spiro atoms. The minimum atomic E-state index is -4.02. The van der Waals surface area contributed by atoms with Crippen LogP contribution in [0, 0.1) is 6.92 Å². The minimum absolute atomic E-state index is 0.000463. The van der Waals surface area contributed by atoms with Crippen molar-refractivity contribution in [3.8, 4) is 5.75 Å². The summed E-state index contributed by atoms with van der Waals surface area (Å²) < 4.78 is 29.6. The van der Waals surface area contributed by atoms with Crippen molar-refractivity contribution in [1.82, 2.24) is 0 Å². The predicted octanol–water partition coefficient (Wildman–Crippen LogP) is 3.49. The molecule has 0 saturated carbocycles. The van der Waals surface area contributed by atoms with Gasteiger partial charge >= 0.3 is 5.97 Å². The highest BCUT2D eigenvalue weighted by atomic mass is 32.2. The van der Waals surface area contributed by atoms with Gasteiger partial charge in [-0.2, -0.15) is 8.42 Å². The van der Waals surface area contributed by atoms with E-state index in [4.69, 9.17) is 9.66 Å². The summed E-state index contributed by atoms with van der Waals surface area (Å²) >= 11 is 0. The molecule has 3 aromatic rings. The van der Waals surface area contributed by atoms with E-state index in [1.54, 1.807) is 36.4 Å². The standard InChI is InChI=1S/C11H8O3.C7H8O3S/c12-10-6-8(11(13)14)5-7-3-1-2-4-9(7)10;1-6-2-4-7(5-3-6)11(8,9)10/h1-6,12H,(H,13,14);2-5H,1H3,(H,8,9,10). The zero-order chi connectivity index (χ0) is 18.6. The molecule has 0 aliphatic carbocycles. The van der Waals surface area contributed by atoms with Gasteiger partial charge < -0.3 is 10.2 Å². The monoisotopic (exact) mass is 360 g/mol. The first-order valence-electron chi connectivity index (χ1n) is 7.17. The SMILES string of the molecule is Cc1ccc(S(=O)(=O)O)cc1.O=C(O)c1cc(O)c2ccccc2c1. The Morgan fingerprint density at radius 2 is 1.56 bits per heavy atom. The first-order chi connectivity index (χ1) is 11.7. The van der Waals surface area contributed by atoms with Crippen LogP contribution in [0.25, 0.3) is 10.8 Å². The highest BCUT2D eigenvalue weighted by Crippen LogP contribution is 2.26. The number of hydrogen-bond acceptors (Lipinski definition) is 4. The van der Waals surface area contributed by atoms with E-state index < -0.39 is 16.1 Å². The third-order valence-corrected chi connectivity index (χ3v) is 4.27. The van der Waals surface area contributed by atoms with Crippen molar-refractivity contribution in [2.45, 2.75) is 11.8 Å². The number of aromatic carboxylic acids is 1. The van der Waals surface area contributed by atoms with Gasteiger partial charge in [-0.1, -0.05) is 42.0 Å². The maximum Gasteiger partial charge on any atom is 0.335 e. The average Bonchev–Trinajstić information content (AvgIpc) is 2.55. The van der Waals surface area contributed by atoms with Gasteiger partial charge in [0.05, 0.1) is 10.5 Å². The van der Waals surface area contributed by atoms with Crippen molar-refractivity contribution in [2.24, 2.45) is 0 Å². The van der Waals surface area contributed by atoms with Crippen molar-refractivity contribution in [1.29, 1.82) is 0 Å². The number of fused-ring (bicyclic) bond motifs is 1. The third kappa shape index (κ3) is 4.79. The van der Waals surface area contributed by atoms with E-state index in [-0.39, 0.29) is 16.2 Å². The summed E-state index contributed by atoms with van der Waals surface area (Å²) in [6, 6.07) is 15.9. The molecular weight excluding hydrogens is 344 g/mol. The van der Waals surface area contributed by atoms with Crippen molar-refractivity contribution < 1.29 is 28.0 Å². The highest BCUT2D eigenvalue weighted by Gasteiger charge is 2.07. The summed E-state index contributed by atoms with van der Waals surface area (Å²) in [6.45, 7) is 1.84. The van der Waals surface area contributed by atoms with Gasteiger partial charge in [-0.05, 0) is 36.6 Å². The van der Waals surface area contributed by atoms with Gasteiger partial charge in [0.25, 0.3) is 10.1 Å². The van der Waals surface area contributed by atoms with E-state index in [1.807, 2.05) is 6.92 Å². The second kappa shape index (κ2) is 7.33. The average molecular weight is 360 g/mol. The quantitative estimate of drug-likeness (QED) is 0.603. The van der Waals surface area contributed by atoms with Crippen molar-refractivity contribution >= 4 is 26.9 Å². The molecule has 0 atom stereocenters. The Labute approximate surface area is 144 Å². The van der Waals surface area contributed by atoms with Gasteiger partial charge in [-0.25, -0.2) is 4.79 Å². The summed E-state index contributed by atoms with van der Waals surface area (Å²) in [5, 5.41) is 19.7. The minimum Gasteiger partial charge on any atom is -0.507 e. The molecule has 0 heterocycles. The zero-order valence-corrected chi connectivity index (χ0v) is 14.1. The van der Waals surface area contributed by atoms with Crippen molar-refractivity contribution in [3.05, 3.63) is 71.8 Å². The lowest BCUT2D eigenvalue weighted by molar-refractivity contribution is 0.0696. The molecule has 25 heavy (non-hydrogen) atoms. The molecule has 0 bridgehead atoms. The van der Waals surface area contributed by atoms with E-state index in [9.17, 15) is 18.3 Å². The lowest BCUT2D eigenvalue weighted by atomic mass is 10.1. The summed E-state index contributed by atoms with van der Waals surface area (Å²) in [4.78, 5) is 10.6. The molecule has 0 aliphatic heterocycles. The van der Waals surface area contributed by atoms with E-state index in [2.05, 4.69) is 0 Å². The van der Waals surface area contributed by atoms with Crippen LogP contribution in [0.5, 0.6) is 5.75 Å². The molecule has 0 saturated heterocycles. The van der Waals surface area contributed by atoms with Crippen molar-refractivity contribution in [3.63, 3.8) is 0 Å². The molecule has 0 aliphatic rings. The van der Waals surface area contributed by atoms with E-state index in [0.717, 1.165) is 10.9 Å². The van der Waals surface area contributed by atoms with Crippen LogP contribution in [0.15, 0.2) is 65.6 Å². The third-order valence-electron chi connectivity index (χ3n) is 3.41. The number of phenols is 1. The lowest BCUT2D eigenvalue weighted by Crippen LogP contribution is -1.96. The molecule has 7 heteroatoms. The molecule has 0 radical (unpaired) electrons. The van der Waals surface area contributed by atoms with Gasteiger partial charge in [0.1, 0.15) is 5.75 Å². The Kier molecular flexibility index (Phi) is 5.41. The number of rotatable bonds is 2. The number of benzene rings is 3. The van der Waals surface area contributed by atoms with Gasteiger partial charge in [-0.3, -0.25) is 4.55 Å². The number of hydrogen-bond donors (Lipinski definition) is 3. The van der Waals surface area contributed by atoms with Crippen LogP contribution in [0.1, 0.15) is 15.9 Å². The normalized spacial score (nSPS) is 10.8. The van der Waals surface area contributed by atoms with Crippen LogP contribution in [0.3, 0.4) is 0 Å². The molecule has 3 rings (SSSR count). The molecule has 0 fully saturated rings. The predicted molar refractivity (Wildman–Crippen MR) is 93.6 cm³/mol. The number of carbonyl (C=O) groups is 1. The fourth-order valence-corrected chi connectivity index (χ4v) is 2.60. The second-order valence-electron chi connectivity index (χ2n) is 5.31. The van der Waals surface area contributed by atoms with Crippen LogP contribution in [-0.4, -0.2) is 29.2 Å². The number of carboxylic acids is 1. The summed E-state index contributed by atoms with van der Waals surface area (Å²) in [6.07, 6.45) is 0. The first kappa shape index (κ1) is 18.4. The molecular formula is C18H16O6S. The Morgan fingerprint density at radius 3 is 2.12 bits per heavy atom. The summed E-state index contributed by atoms with van der Waals surface area (Å²) in [5.74, 6) is -1.04. The van der Waals surface area contributed by atoms with Crippen LogP contribution in [0.2, 0.25) is 0 Å². The molecule has 3 aromatic carbocycles. The Hall–Kier alpha value is -2.90. The van der Waals surface area contributed by atoms with E-state index in [1.165, 1.54) is 24.3 Å². The second-order valence-corrected chi connectivity index (χ2v) is 6.73. The summed E-state index contributed by atoms with van der Waals surface area (Å²) in [7, 11) is -4.02. The van der Waals surface area contributed by atoms with Crippen LogP contribution < -0.4 is 0 Å². The first-order valence-corrected chi connectivity index (χ1v) is 8.61. The Bertz CT molecular complexity index is 1010. The zero-order valence-electron chi connectivity index (χ0n) is 13.2. The van der Waals surface area contributed by atoms with Gasteiger partial charge in [0.15, 0.2) is 0 Å². The molecule has 0 aromatic heterocycles. The number of aryl methyl sites for hydroxylation is 1. The smallest absolute Gasteiger partial charge is 0.335 e. The van der Waals surface area contributed by atoms with Crippen molar-refractivity contribution in [2.75, 3.05) is 0 Å². The number of aromatic hydroxyl groups is 1. The van der Waals surface area contributed by atoms with E-state index >= 15 is 0 Å². The van der Waals surface area contributed by atoms with Gasteiger partial charge in [0, 0.05) is 5.39 Å². The van der Waals surface area contributed by atoms with Crippen LogP contribution >= 0.6 is 0 Å². The van der Waals surface area contributed by atoms with E-state index in [0.29, 0.717) is 5.39 Å². The van der Waals surface area contributed by atoms with Gasteiger partial charge in [-0.15, -0.1) is 0 Å². The summed E-state index contributed by atoms with van der Waals surface area (Å²) in [5.41, 5.74) is 1.05. The number of carboxylic acid groups (broad SMARTS) is 1. The van der Waals surface area contributed by atoms with Crippen LogP contribution in [0.4, 0.5) is 0 Å². The Balaban J connectivity index is 0.000000186. The number of phenolic OH excluding ortho intramolecular Hbond substituents is 1. The van der Waals surface area contributed by atoms with Crippen LogP contribution in [-0.2, 0) is 10.1 Å². The lowest BCUT2D eigenvalue weighted by Gasteiger charge is -2.02. The Morgan fingerprint density at radius 1 is 0.960 bits per heavy atom. The molecule has 130 valence electrons. The largest absolute Gasteiger partial charge is 0.507 e. The molecule has 0 unspecified atom stereocenters. The fourth-order valence-electron chi connectivity index (χ4n) is 2.12. The van der Waals surface area contributed by atoms with Gasteiger partial charge in [0.2, 0.25) is 0 Å². The topological polar surface area (TPSA) is 112 Å². The fraction of sp³-hybridized carbons (Fsp3) is 0.0556. The molecule has 0 amide bonds. The highest BCUT2D eigenvalue weighted by molar-refractivity contribution is 7.85. The maximum atomic E-state index is 10.7. The molecule has 3 N–H and O–H groups in total. The maximum absolute atomic E-state index is 10.7.